The van der Waals surface area contributed by atoms with Gasteiger partial charge in [0.1, 0.15) is 0 Å². The van der Waals surface area contributed by atoms with Crippen molar-refractivity contribution < 1.29 is 29.4 Å². The van der Waals surface area contributed by atoms with Gasteiger partial charge in [0.25, 0.3) is 0 Å². The van der Waals surface area contributed by atoms with Gasteiger partial charge in [-0.15, -0.1) is 6.58 Å². The van der Waals surface area contributed by atoms with Gasteiger partial charge in [0.2, 0.25) is 11.8 Å². The Morgan fingerprint density at radius 1 is 1.07 bits per heavy atom. The Morgan fingerprint density at radius 2 is 1.80 bits per heavy atom. The van der Waals surface area contributed by atoms with E-state index < -0.39 is 17.9 Å². The Labute approximate surface area is 261 Å². The molecule has 11 heteroatoms. The molecule has 6 atom stereocenters. The minimum Gasteiger partial charge on any atom is -0.481 e. The molecule has 2 unspecified atom stereocenters. The highest BCUT2D eigenvalue weighted by molar-refractivity contribution is 8.06. The molecule has 1 aromatic rings. The lowest BCUT2D eigenvalue weighted by molar-refractivity contribution is -0.137. The van der Waals surface area contributed by atoms with E-state index in [4.69, 9.17) is 0 Å². The number of H-pyrrole nitrogens is 1. The van der Waals surface area contributed by atoms with Crippen LogP contribution in [0.2, 0.25) is 0 Å². The van der Waals surface area contributed by atoms with Crippen LogP contribution in [0.3, 0.4) is 0 Å². The molecule has 0 aliphatic carbocycles. The molecular weight excluding hydrogens is 580 g/mol. The first-order chi connectivity index (χ1) is 20.9. The molecule has 3 saturated heterocycles. The number of carbonyl (C=O) groups is 4. The number of carboxylic acids is 2. The van der Waals surface area contributed by atoms with Gasteiger partial charge < -0.3 is 31.1 Å². The van der Waals surface area contributed by atoms with Crippen molar-refractivity contribution in [1.82, 2.24) is 20.9 Å². The van der Waals surface area contributed by atoms with Crippen molar-refractivity contribution in [2.24, 2.45) is 17.8 Å². The van der Waals surface area contributed by atoms with Crippen LogP contribution in [0.4, 0.5) is 0 Å². The highest BCUT2D eigenvalue weighted by atomic mass is 32.2. The standard InChI is InChI=1S/C33H40N4O6S/c1-6-19-15(2)24(36-33(19)43)11-22-16(3)20(7-9-29(38)39)25(34-22)13-26-21(8-10-30(40)41)17(4)23(35-26)12-27-31(28-14-44-28)18(5)32(42)37-27/h6-7,12,18-19,24-25,28,31,34-35H,1-2,8-11,13-14H2,3-5H3,(H,36,43)(H,37,42)(H,38,39)(H,40,41)/b20-7-,27-12-/t18-,19?,24-,25?,28-,31-/m1/s1. The summed E-state index contributed by atoms with van der Waals surface area (Å²) in [6.07, 6.45) is 6.40. The van der Waals surface area contributed by atoms with E-state index in [2.05, 4.69) is 34.1 Å². The molecule has 0 aromatic carbocycles. The van der Waals surface area contributed by atoms with Crippen LogP contribution in [0, 0.1) is 24.7 Å². The molecule has 6 N–H and O–H groups in total. The lowest BCUT2D eigenvalue weighted by Gasteiger charge is -2.18. The molecule has 0 spiro atoms. The molecular formula is C33H40N4O6S. The van der Waals surface area contributed by atoms with E-state index in [1.54, 1.807) is 12.2 Å². The molecule has 4 aliphatic heterocycles. The number of carbonyl (C=O) groups excluding carboxylic acids is 2. The van der Waals surface area contributed by atoms with Gasteiger partial charge >= 0.3 is 11.9 Å². The summed E-state index contributed by atoms with van der Waals surface area (Å²) >= 11 is 1.85. The van der Waals surface area contributed by atoms with Gasteiger partial charge in [-0.2, -0.15) is 11.8 Å². The van der Waals surface area contributed by atoms with E-state index in [0.29, 0.717) is 24.5 Å². The van der Waals surface area contributed by atoms with E-state index in [9.17, 15) is 29.4 Å². The molecule has 0 bridgehead atoms. The number of carboxylic acid groups (broad SMARTS) is 2. The Kier molecular flexibility index (Phi) is 8.97. The summed E-state index contributed by atoms with van der Waals surface area (Å²) in [6.45, 7) is 13.7. The van der Waals surface area contributed by atoms with Crippen molar-refractivity contribution in [2.45, 2.75) is 70.2 Å². The van der Waals surface area contributed by atoms with Crippen LogP contribution in [0.25, 0.3) is 6.08 Å². The zero-order valence-electron chi connectivity index (χ0n) is 25.3. The summed E-state index contributed by atoms with van der Waals surface area (Å²) in [5, 5.41) is 29.0. The molecule has 5 rings (SSSR count). The maximum atomic E-state index is 12.6. The summed E-state index contributed by atoms with van der Waals surface area (Å²) in [5.74, 6) is -1.36. The van der Waals surface area contributed by atoms with E-state index >= 15 is 0 Å². The van der Waals surface area contributed by atoms with Crippen LogP contribution in [0.15, 0.2) is 53.4 Å². The van der Waals surface area contributed by atoms with Crippen LogP contribution in [0.1, 0.15) is 55.6 Å². The monoisotopic (exact) mass is 620 g/mol. The zero-order chi connectivity index (χ0) is 31.9. The third-order valence-electron chi connectivity index (χ3n) is 9.34. The summed E-state index contributed by atoms with van der Waals surface area (Å²) in [5.41, 5.74) is 7.85. The van der Waals surface area contributed by atoms with E-state index in [1.165, 1.54) is 0 Å². The summed E-state index contributed by atoms with van der Waals surface area (Å²) in [7, 11) is 0. The fraction of sp³-hybridized carbons (Fsp3) is 0.455. The number of aromatic amines is 1. The van der Waals surface area contributed by atoms with Gasteiger partial charge in [0.05, 0.1) is 24.4 Å². The molecule has 1 aromatic heterocycles. The number of hydrogen-bond donors (Lipinski definition) is 6. The lowest BCUT2D eigenvalue weighted by atomic mass is 9.91. The fourth-order valence-corrected chi connectivity index (χ4v) is 7.65. The Balaban J connectivity index is 1.45. The number of nitrogens with one attached hydrogen (secondary N) is 4. The highest BCUT2D eigenvalue weighted by Gasteiger charge is 2.45. The van der Waals surface area contributed by atoms with Crippen molar-refractivity contribution >= 4 is 41.6 Å². The Hall–Kier alpha value is -3.99. The van der Waals surface area contributed by atoms with E-state index in [0.717, 1.165) is 56.4 Å². The number of hydrogen-bond acceptors (Lipinski definition) is 6. The predicted molar refractivity (Wildman–Crippen MR) is 170 cm³/mol. The van der Waals surface area contributed by atoms with Crippen LogP contribution in [0.5, 0.6) is 0 Å². The van der Waals surface area contributed by atoms with Crippen LogP contribution >= 0.6 is 11.8 Å². The maximum absolute atomic E-state index is 12.6. The quantitative estimate of drug-likeness (QED) is 0.153. The largest absolute Gasteiger partial charge is 0.481 e. The average Bonchev–Trinajstić information content (AvgIpc) is 3.53. The van der Waals surface area contributed by atoms with Gasteiger partial charge in [-0.1, -0.05) is 25.7 Å². The SMILES string of the molecule is C=CC1C(=C)[C@@H](CC2=C(C)/C(=C/CC(=O)O)C(Cc3[nH]c(/C=C4\NC(=O)[C@H](C)[C@H]4[C@H]4CS4)c(C)c3CCC(=O)O)N2)NC1=O. The fourth-order valence-electron chi connectivity index (χ4n) is 6.74. The molecule has 3 fully saturated rings. The summed E-state index contributed by atoms with van der Waals surface area (Å²) in [6, 6.07) is -0.546. The minimum atomic E-state index is -0.939. The smallest absolute Gasteiger partial charge is 0.307 e. The number of allylic oxidation sites excluding steroid dienone is 1. The minimum absolute atomic E-state index is 0.0160. The van der Waals surface area contributed by atoms with Gasteiger partial charge in [-0.05, 0) is 54.2 Å². The topological polar surface area (TPSA) is 161 Å². The van der Waals surface area contributed by atoms with E-state index in [1.807, 2.05) is 38.6 Å². The number of rotatable bonds is 12. The lowest BCUT2D eigenvalue weighted by Crippen LogP contribution is -2.32. The van der Waals surface area contributed by atoms with Gasteiger partial charge in [-0.25, -0.2) is 0 Å². The molecule has 0 saturated carbocycles. The first-order valence-electron chi connectivity index (χ1n) is 15.0. The third-order valence-corrected chi connectivity index (χ3v) is 10.3. The molecule has 2 amide bonds. The predicted octanol–water partition coefficient (Wildman–Crippen LogP) is 3.62. The van der Waals surface area contributed by atoms with Crippen molar-refractivity contribution in [3.8, 4) is 0 Å². The first-order valence-corrected chi connectivity index (χ1v) is 16.0. The second-order valence-electron chi connectivity index (χ2n) is 12.1. The Morgan fingerprint density at radius 3 is 2.41 bits per heavy atom. The second-order valence-corrected chi connectivity index (χ2v) is 13.4. The Bertz CT molecular complexity index is 1530. The number of amides is 2. The van der Waals surface area contributed by atoms with Crippen LogP contribution in [-0.4, -0.2) is 62.0 Å². The van der Waals surface area contributed by atoms with Crippen molar-refractivity contribution in [3.63, 3.8) is 0 Å². The number of thioether (sulfide) groups is 1. The molecule has 5 heterocycles. The summed E-state index contributed by atoms with van der Waals surface area (Å²) in [4.78, 5) is 51.6. The number of aliphatic carboxylic acids is 2. The molecule has 10 nitrogen and oxygen atoms in total. The molecule has 234 valence electrons. The van der Waals surface area contributed by atoms with Crippen molar-refractivity contribution in [1.29, 1.82) is 0 Å². The van der Waals surface area contributed by atoms with Gasteiger partial charge in [0.15, 0.2) is 0 Å². The average molecular weight is 621 g/mol. The summed E-state index contributed by atoms with van der Waals surface area (Å²) < 4.78 is 0. The van der Waals surface area contributed by atoms with Gasteiger partial charge in [-0.3, -0.25) is 19.2 Å². The van der Waals surface area contributed by atoms with Gasteiger partial charge in [0, 0.05) is 64.9 Å². The maximum Gasteiger partial charge on any atom is 0.307 e. The zero-order valence-corrected chi connectivity index (χ0v) is 26.1. The third kappa shape index (κ3) is 6.29. The molecule has 44 heavy (non-hydrogen) atoms. The second kappa shape index (κ2) is 12.6. The van der Waals surface area contributed by atoms with Crippen LogP contribution < -0.4 is 16.0 Å². The number of aromatic nitrogens is 1. The normalized spacial score (nSPS) is 29.8. The van der Waals surface area contributed by atoms with Crippen LogP contribution in [-0.2, 0) is 32.0 Å². The van der Waals surface area contributed by atoms with E-state index in [-0.39, 0.29) is 48.6 Å². The highest BCUT2D eigenvalue weighted by Crippen LogP contribution is 2.46. The molecule has 0 radical (unpaired) electrons. The van der Waals surface area contributed by atoms with Crippen molar-refractivity contribution in [3.05, 3.63) is 75.9 Å². The molecule has 4 aliphatic rings. The van der Waals surface area contributed by atoms with Crippen molar-refractivity contribution in [2.75, 3.05) is 5.75 Å². The first kappa shape index (κ1) is 31.4.